The molecule has 0 radical (unpaired) electrons. The molecule has 0 saturated carbocycles. The number of ether oxygens (including phenoxy) is 1. The number of carbonyl (C=O) groups is 1. The fourth-order valence-corrected chi connectivity index (χ4v) is 1.80. The van der Waals surface area contributed by atoms with Crippen molar-refractivity contribution < 1.29 is 9.53 Å². The third-order valence-corrected chi connectivity index (χ3v) is 2.22. The number of amides is 2. The summed E-state index contributed by atoms with van der Waals surface area (Å²) in [5, 5.41) is 2.58. The first-order chi connectivity index (χ1) is 6.58. The normalized spacial score (nSPS) is 28.7. The van der Waals surface area contributed by atoms with Crippen LogP contribution in [-0.4, -0.2) is 49.3 Å². The number of nitrogens with zero attached hydrogens (tertiary/aromatic N) is 1. The van der Waals surface area contributed by atoms with E-state index in [0.717, 1.165) is 19.6 Å². The van der Waals surface area contributed by atoms with E-state index in [4.69, 9.17) is 10.5 Å². The highest BCUT2D eigenvalue weighted by Crippen LogP contribution is 2.09. The smallest absolute Gasteiger partial charge is 0.312 e. The van der Waals surface area contributed by atoms with E-state index in [2.05, 4.69) is 24.1 Å². The van der Waals surface area contributed by atoms with Crippen molar-refractivity contribution in [1.29, 1.82) is 0 Å². The number of carbonyl (C=O) groups excluding carboxylic acids is 1. The van der Waals surface area contributed by atoms with E-state index >= 15 is 0 Å². The minimum Gasteiger partial charge on any atom is -0.373 e. The van der Waals surface area contributed by atoms with E-state index in [0.29, 0.717) is 6.54 Å². The highest BCUT2D eigenvalue weighted by Gasteiger charge is 2.21. The Morgan fingerprint density at radius 2 is 2.07 bits per heavy atom. The van der Waals surface area contributed by atoms with Crippen molar-refractivity contribution >= 4 is 6.03 Å². The Kier molecular flexibility index (Phi) is 4.16. The summed E-state index contributed by atoms with van der Waals surface area (Å²) < 4.78 is 5.59. The summed E-state index contributed by atoms with van der Waals surface area (Å²) >= 11 is 0. The average Bonchev–Trinajstić information content (AvgIpc) is 2.01. The molecule has 0 bridgehead atoms. The van der Waals surface area contributed by atoms with Gasteiger partial charge in [-0.15, -0.1) is 0 Å². The van der Waals surface area contributed by atoms with Crippen LogP contribution in [0.4, 0.5) is 4.79 Å². The highest BCUT2D eigenvalue weighted by atomic mass is 16.5. The summed E-state index contributed by atoms with van der Waals surface area (Å²) in [6.07, 6.45) is 0.541. The molecule has 1 heterocycles. The molecule has 14 heavy (non-hydrogen) atoms. The Morgan fingerprint density at radius 1 is 1.50 bits per heavy atom. The van der Waals surface area contributed by atoms with Crippen molar-refractivity contribution in [2.24, 2.45) is 5.73 Å². The zero-order valence-electron chi connectivity index (χ0n) is 8.82. The van der Waals surface area contributed by atoms with E-state index in [1.54, 1.807) is 0 Å². The molecule has 0 aromatic heterocycles. The zero-order valence-corrected chi connectivity index (χ0v) is 8.82. The largest absolute Gasteiger partial charge is 0.373 e. The number of hydrogen-bond donors (Lipinski definition) is 2. The predicted molar refractivity (Wildman–Crippen MR) is 54.0 cm³/mol. The molecule has 1 aliphatic heterocycles. The maximum atomic E-state index is 10.4. The van der Waals surface area contributed by atoms with Crippen molar-refractivity contribution in [3.05, 3.63) is 0 Å². The van der Waals surface area contributed by atoms with E-state index in [1.807, 2.05) is 0 Å². The van der Waals surface area contributed by atoms with Gasteiger partial charge in [0, 0.05) is 26.2 Å². The number of nitrogens with two attached hydrogens (primary N) is 1. The standard InChI is InChI=1S/C9H19N3O2/c1-7-5-12(6-8(2)14-7)4-3-11-9(10)13/h7-8H,3-6H2,1-2H3,(H3,10,11,13). The van der Waals surface area contributed by atoms with Crippen LogP contribution in [0.2, 0.25) is 0 Å². The van der Waals surface area contributed by atoms with Crippen LogP contribution in [-0.2, 0) is 4.74 Å². The molecule has 1 rings (SSSR count). The van der Waals surface area contributed by atoms with Crippen molar-refractivity contribution in [2.45, 2.75) is 26.1 Å². The van der Waals surface area contributed by atoms with Crippen LogP contribution in [0.15, 0.2) is 0 Å². The summed E-state index contributed by atoms with van der Waals surface area (Å²) in [6, 6.07) is -0.459. The summed E-state index contributed by atoms with van der Waals surface area (Å²) in [5.74, 6) is 0. The highest BCUT2D eigenvalue weighted by molar-refractivity contribution is 5.71. The maximum absolute atomic E-state index is 10.4. The van der Waals surface area contributed by atoms with Crippen LogP contribution in [0.5, 0.6) is 0 Å². The monoisotopic (exact) mass is 201 g/mol. The minimum absolute atomic E-state index is 0.271. The molecule has 5 heteroatoms. The van der Waals surface area contributed by atoms with Gasteiger partial charge in [0.05, 0.1) is 12.2 Å². The van der Waals surface area contributed by atoms with Crippen LogP contribution in [0.1, 0.15) is 13.8 Å². The van der Waals surface area contributed by atoms with Crippen LogP contribution in [0.25, 0.3) is 0 Å². The lowest BCUT2D eigenvalue weighted by Gasteiger charge is -2.35. The molecular weight excluding hydrogens is 182 g/mol. The molecule has 2 amide bonds. The van der Waals surface area contributed by atoms with E-state index in [9.17, 15) is 4.79 Å². The Labute approximate surface area is 84.6 Å². The molecule has 2 unspecified atom stereocenters. The number of morpholine rings is 1. The first-order valence-electron chi connectivity index (χ1n) is 4.99. The number of primary amides is 1. The SMILES string of the molecule is CC1CN(CCNC(N)=O)CC(C)O1. The second-order valence-electron chi connectivity index (χ2n) is 3.81. The summed E-state index contributed by atoms with van der Waals surface area (Å²) in [4.78, 5) is 12.7. The Hall–Kier alpha value is -0.810. The van der Waals surface area contributed by atoms with Gasteiger partial charge in [-0.05, 0) is 13.8 Å². The Bertz CT molecular complexity index is 188. The summed E-state index contributed by atoms with van der Waals surface area (Å²) in [7, 11) is 0. The van der Waals surface area contributed by atoms with Crippen LogP contribution in [0.3, 0.4) is 0 Å². The summed E-state index contributed by atoms with van der Waals surface area (Å²) in [5.41, 5.74) is 4.97. The van der Waals surface area contributed by atoms with Gasteiger partial charge < -0.3 is 15.8 Å². The topological polar surface area (TPSA) is 67.6 Å². The van der Waals surface area contributed by atoms with Gasteiger partial charge in [0.15, 0.2) is 0 Å². The molecular formula is C9H19N3O2. The predicted octanol–water partition coefficient (Wildman–Crippen LogP) is -0.236. The second-order valence-corrected chi connectivity index (χ2v) is 3.81. The zero-order chi connectivity index (χ0) is 10.6. The molecule has 1 saturated heterocycles. The molecule has 82 valence electrons. The Balaban J connectivity index is 2.20. The van der Waals surface area contributed by atoms with E-state index < -0.39 is 6.03 Å². The fraction of sp³-hybridized carbons (Fsp3) is 0.889. The first-order valence-corrected chi connectivity index (χ1v) is 4.99. The lowest BCUT2D eigenvalue weighted by Crippen LogP contribution is -2.48. The minimum atomic E-state index is -0.459. The van der Waals surface area contributed by atoms with Gasteiger partial charge in [0.1, 0.15) is 0 Å². The van der Waals surface area contributed by atoms with Crippen LogP contribution in [0, 0.1) is 0 Å². The van der Waals surface area contributed by atoms with Gasteiger partial charge in [0.25, 0.3) is 0 Å². The fourth-order valence-electron chi connectivity index (χ4n) is 1.80. The van der Waals surface area contributed by atoms with Crippen molar-refractivity contribution in [2.75, 3.05) is 26.2 Å². The lowest BCUT2D eigenvalue weighted by atomic mass is 10.2. The van der Waals surface area contributed by atoms with Gasteiger partial charge in [0.2, 0.25) is 0 Å². The van der Waals surface area contributed by atoms with Gasteiger partial charge in [-0.3, -0.25) is 4.90 Å². The van der Waals surface area contributed by atoms with Crippen LogP contribution < -0.4 is 11.1 Å². The molecule has 1 aliphatic rings. The third kappa shape index (κ3) is 3.93. The number of hydrogen-bond acceptors (Lipinski definition) is 3. The molecule has 5 nitrogen and oxygen atoms in total. The molecule has 0 aromatic rings. The van der Waals surface area contributed by atoms with Crippen molar-refractivity contribution in [1.82, 2.24) is 10.2 Å². The summed E-state index contributed by atoms with van der Waals surface area (Å²) in [6.45, 7) is 7.40. The third-order valence-electron chi connectivity index (χ3n) is 2.22. The number of rotatable bonds is 3. The van der Waals surface area contributed by atoms with Crippen LogP contribution >= 0.6 is 0 Å². The maximum Gasteiger partial charge on any atom is 0.312 e. The molecule has 0 aliphatic carbocycles. The molecule has 1 fully saturated rings. The number of urea groups is 1. The van der Waals surface area contributed by atoms with E-state index in [1.165, 1.54) is 0 Å². The average molecular weight is 201 g/mol. The quantitative estimate of drug-likeness (QED) is 0.662. The lowest BCUT2D eigenvalue weighted by molar-refractivity contribution is -0.0672. The molecule has 0 aromatic carbocycles. The number of nitrogens with one attached hydrogen (secondary N) is 1. The first kappa shape index (κ1) is 11.3. The Morgan fingerprint density at radius 3 is 2.57 bits per heavy atom. The van der Waals surface area contributed by atoms with E-state index in [-0.39, 0.29) is 12.2 Å². The van der Waals surface area contributed by atoms with Crippen molar-refractivity contribution in [3.8, 4) is 0 Å². The van der Waals surface area contributed by atoms with Crippen molar-refractivity contribution in [3.63, 3.8) is 0 Å². The van der Waals surface area contributed by atoms with Gasteiger partial charge in [-0.2, -0.15) is 0 Å². The van der Waals surface area contributed by atoms with Gasteiger partial charge in [-0.1, -0.05) is 0 Å². The second kappa shape index (κ2) is 5.17. The molecule has 3 N–H and O–H groups in total. The van der Waals surface area contributed by atoms with Gasteiger partial charge in [-0.25, -0.2) is 4.79 Å². The molecule has 2 atom stereocenters. The van der Waals surface area contributed by atoms with Gasteiger partial charge >= 0.3 is 6.03 Å². The molecule has 0 spiro atoms.